The van der Waals surface area contributed by atoms with Crippen LogP contribution in [-0.4, -0.2) is 28.6 Å². The van der Waals surface area contributed by atoms with Crippen molar-refractivity contribution >= 4 is 11.5 Å². The lowest BCUT2D eigenvalue weighted by molar-refractivity contribution is 0.374. The first-order valence-corrected chi connectivity index (χ1v) is 6.98. The lowest BCUT2D eigenvalue weighted by Crippen LogP contribution is -2.42. The van der Waals surface area contributed by atoms with Crippen LogP contribution < -0.4 is 21.9 Å². The Morgan fingerprint density at radius 3 is 2.74 bits per heavy atom. The molecule has 0 radical (unpaired) electrons. The molecule has 6 heteroatoms. The third-order valence-corrected chi connectivity index (χ3v) is 3.79. The molecule has 1 aromatic rings. The van der Waals surface area contributed by atoms with Gasteiger partial charge in [0.05, 0.1) is 6.33 Å². The minimum atomic E-state index is -0.265. The van der Waals surface area contributed by atoms with Crippen LogP contribution in [-0.2, 0) is 0 Å². The monoisotopic (exact) mass is 265 g/mol. The standard InChI is InChI=1S/C13H23N5O/c1-2-7-18(10-5-3-9(14)4-6-10)12-11(15)13(19)17-8-16-12/h8-10H,2-7,14-15H2,1H3,(H,16,17,19). The van der Waals surface area contributed by atoms with Gasteiger partial charge in [0.1, 0.15) is 5.69 Å². The molecule has 0 spiro atoms. The van der Waals surface area contributed by atoms with Gasteiger partial charge in [-0.05, 0) is 32.1 Å². The number of hydrogen-bond donors (Lipinski definition) is 3. The minimum Gasteiger partial charge on any atom is -0.391 e. The summed E-state index contributed by atoms with van der Waals surface area (Å²) in [5.41, 5.74) is 11.8. The maximum atomic E-state index is 11.6. The van der Waals surface area contributed by atoms with Gasteiger partial charge in [-0.25, -0.2) is 4.98 Å². The molecule has 1 aromatic heterocycles. The lowest BCUT2D eigenvalue weighted by Gasteiger charge is -2.37. The van der Waals surface area contributed by atoms with E-state index in [0.29, 0.717) is 17.9 Å². The molecule has 0 unspecified atom stereocenters. The van der Waals surface area contributed by atoms with Gasteiger partial charge < -0.3 is 21.4 Å². The summed E-state index contributed by atoms with van der Waals surface area (Å²) in [6.45, 7) is 2.98. The highest BCUT2D eigenvalue weighted by molar-refractivity contribution is 5.61. The molecule has 0 atom stereocenters. The van der Waals surface area contributed by atoms with Crippen molar-refractivity contribution in [2.24, 2.45) is 5.73 Å². The van der Waals surface area contributed by atoms with Crippen molar-refractivity contribution in [3.05, 3.63) is 16.7 Å². The number of anilines is 2. The Morgan fingerprint density at radius 1 is 1.42 bits per heavy atom. The Hall–Kier alpha value is -1.56. The van der Waals surface area contributed by atoms with Crippen LogP contribution in [0.2, 0.25) is 0 Å². The fraction of sp³-hybridized carbons (Fsp3) is 0.692. The number of aromatic nitrogens is 2. The van der Waals surface area contributed by atoms with Gasteiger partial charge in [0, 0.05) is 18.6 Å². The average Bonchev–Trinajstić information content (AvgIpc) is 2.41. The zero-order chi connectivity index (χ0) is 13.8. The van der Waals surface area contributed by atoms with Crippen LogP contribution in [0.4, 0.5) is 11.5 Å². The first kappa shape index (κ1) is 13.9. The van der Waals surface area contributed by atoms with E-state index in [0.717, 1.165) is 38.6 Å². The Balaban J connectivity index is 2.24. The molecular formula is C13H23N5O. The van der Waals surface area contributed by atoms with Crippen molar-refractivity contribution in [2.75, 3.05) is 17.2 Å². The van der Waals surface area contributed by atoms with Gasteiger partial charge in [0.2, 0.25) is 0 Å². The normalized spacial score (nSPS) is 23.3. The number of nitrogens with zero attached hydrogens (tertiary/aromatic N) is 2. The Bertz CT molecular complexity index is 464. The van der Waals surface area contributed by atoms with Gasteiger partial charge in [0.15, 0.2) is 5.82 Å². The van der Waals surface area contributed by atoms with Crippen molar-refractivity contribution in [1.29, 1.82) is 0 Å². The molecule has 1 aliphatic carbocycles. The summed E-state index contributed by atoms with van der Waals surface area (Å²) in [6.07, 6.45) is 6.54. The minimum absolute atomic E-state index is 0.214. The number of nitrogens with two attached hydrogens (primary N) is 2. The molecule has 2 rings (SSSR count). The van der Waals surface area contributed by atoms with E-state index in [1.54, 1.807) is 0 Å². The highest BCUT2D eigenvalue weighted by Gasteiger charge is 2.26. The van der Waals surface area contributed by atoms with Crippen LogP contribution in [0, 0.1) is 0 Å². The van der Waals surface area contributed by atoms with E-state index in [9.17, 15) is 4.79 Å². The van der Waals surface area contributed by atoms with Crippen molar-refractivity contribution in [2.45, 2.75) is 51.1 Å². The van der Waals surface area contributed by atoms with Crippen LogP contribution in [0.15, 0.2) is 11.1 Å². The molecule has 0 aromatic carbocycles. The van der Waals surface area contributed by atoms with E-state index in [2.05, 4.69) is 21.8 Å². The highest BCUT2D eigenvalue weighted by atomic mass is 16.1. The van der Waals surface area contributed by atoms with Crippen LogP contribution >= 0.6 is 0 Å². The van der Waals surface area contributed by atoms with Gasteiger partial charge in [0.25, 0.3) is 5.56 Å². The fourth-order valence-corrected chi connectivity index (χ4v) is 2.75. The molecule has 0 bridgehead atoms. The predicted octanol–water partition coefficient (Wildman–Crippen LogP) is 0.838. The molecule has 6 nitrogen and oxygen atoms in total. The zero-order valence-electron chi connectivity index (χ0n) is 11.4. The van der Waals surface area contributed by atoms with Gasteiger partial charge >= 0.3 is 0 Å². The Kier molecular flexibility index (Phi) is 4.42. The fourth-order valence-electron chi connectivity index (χ4n) is 2.75. The lowest BCUT2D eigenvalue weighted by atomic mass is 9.90. The molecule has 0 amide bonds. The predicted molar refractivity (Wildman–Crippen MR) is 77.1 cm³/mol. The second-order valence-corrected chi connectivity index (χ2v) is 5.23. The van der Waals surface area contributed by atoms with Crippen molar-refractivity contribution in [1.82, 2.24) is 9.97 Å². The number of aromatic amines is 1. The summed E-state index contributed by atoms with van der Waals surface area (Å²) < 4.78 is 0. The summed E-state index contributed by atoms with van der Waals surface area (Å²) in [5, 5.41) is 0. The smallest absolute Gasteiger partial charge is 0.276 e. The van der Waals surface area contributed by atoms with Gasteiger partial charge in [-0.1, -0.05) is 6.92 Å². The van der Waals surface area contributed by atoms with Crippen molar-refractivity contribution in [3.8, 4) is 0 Å². The molecule has 1 saturated carbocycles. The number of H-pyrrole nitrogens is 1. The largest absolute Gasteiger partial charge is 0.391 e. The molecule has 106 valence electrons. The first-order valence-electron chi connectivity index (χ1n) is 6.98. The summed E-state index contributed by atoms with van der Waals surface area (Å²) in [5.74, 6) is 0.617. The zero-order valence-corrected chi connectivity index (χ0v) is 11.4. The number of hydrogen-bond acceptors (Lipinski definition) is 5. The van der Waals surface area contributed by atoms with Gasteiger partial charge in [-0.15, -0.1) is 0 Å². The van der Waals surface area contributed by atoms with Crippen LogP contribution in [0.1, 0.15) is 39.0 Å². The number of nitrogens with one attached hydrogen (secondary N) is 1. The maximum absolute atomic E-state index is 11.6. The van der Waals surface area contributed by atoms with Gasteiger partial charge in [-0.3, -0.25) is 4.79 Å². The molecule has 1 heterocycles. The van der Waals surface area contributed by atoms with Crippen molar-refractivity contribution in [3.63, 3.8) is 0 Å². The van der Waals surface area contributed by atoms with E-state index in [4.69, 9.17) is 11.5 Å². The van der Waals surface area contributed by atoms with E-state index < -0.39 is 0 Å². The van der Waals surface area contributed by atoms with Crippen LogP contribution in [0.25, 0.3) is 0 Å². The molecule has 0 saturated heterocycles. The molecular weight excluding hydrogens is 242 g/mol. The van der Waals surface area contributed by atoms with E-state index in [1.165, 1.54) is 6.33 Å². The molecule has 5 N–H and O–H groups in total. The van der Waals surface area contributed by atoms with E-state index >= 15 is 0 Å². The van der Waals surface area contributed by atoms with Crippen molar-refractivity contribution < 1.29 is 0 Å². The second-order valence-electron chi connectivity index (χ2n) is 5.23. The Morgan fingerprint density at radius 2 is 2.11 bits per heavy atom. The highest BCUT2D eigenvalue weighted by Crippen LogP contribution is 2.27. The molecule has 1 fully saturated rings. The van der Waals surface area contributed by atoms with E-state index in [-0.39, 0.29) is 11.2 Å². The number of nitrogen functional groups attached to an aromatic ring is 1. The Labute approximate surface area is 113 Å². The number of rotatable bonds is 4. The molecule has 0 aliphatic heterocycles. The maximum Gasteiger partial charge on any atom is 0.276 e. The SMILES string of the molecule is CCCN(c1nc[nH]c(=O)c1N)C1CCC(N)CC1. The quantitative estimate of drug-likeness (QED) is 0.749. The summed E-state index contributed by atoms with van der Waals surface area (Å²) in [7, 11) is 0. The van der Waals surface area contributed by atoms with Crippen LogP contribution in [0.3, 0.4) is 0 Å². The summed E-state index contributed by atoms with van der Waals surface area (Å²) >= 11 is 0. The average molecular weight is 265 g/mol. The summed E-state index contributed by atoms with van der Waals surface area (Å²) in [4.78, 5) is 20.6. The van der Waals surface area contributed by atoms with Crippen LogP contribution in [0.5, 0.6) is 0 Å². The summed E-state index contributed by atoms with van der Waals surface area (Å²) in [6, 6.07) is 0.695. The first-order chi connectivity index (χ1) is 9.13. The third-order valence-electron chi connectivity index (χ3n) is 3.79. The second kappa shape index (κ2) is 6.06. The third kappa shape index (κ3) is 3.07. The van der Waals surface area contributed by atoms with E-state index in [1.807, 2.05) is 0 Å². The topological polar surface area (TPSA) is 101 Å². The molecule has 19 heavy (non-hydrogen) atoms. The van der Waals surface area contributed by atoms with Gasteiger partial charge in [-0.2, -0.15) is 0 Å². The molecule has 1 aliphatic rings.